The first-order valence-corrected chi connectivity index (χ1v) is 12.5. The van der Waals surface area contributed by atoms with Crippen LogP contribution in [0.5, 0.6) is 0 Å². The van der Waals surface area contributed by atoms with Gasteiger partial charge in [0.05, 0.1) is 11.9 Å². The molecule has 1 atom stereocenters. The Morgan fingerprint density at radius 1 is 1.22 bits per heavy atom. The summed E-state index contributed by atoms with van der Waals surface area (Å²) in [6, 6.07) is 4.39. The lowest BCUT2D eigenvalue weighted by molar-refractivity contribution is -0.126. The second kappa shape index (κ2) is 9.39. The minimum absolute atomic E-state index is 0.126. The van der Waals surface area contributed by atoms with Gasteiger partial charge >= 0.3 is 8.41 Å². The number of nitrogens with one attached hydrogen (secondary N) is 2. The summed E-state index contributed by atoms with van der Waals surface area (Å²) in [4.78, 5) is 28.2. The summed E-state index contributed by atoms with van der Waals surface area (Å²) in [5.74, 6) is -0.644. The van der Waals surface area contributed by atoms with E-state index in [9.17, 15) is 9.59 Å². The average Bonchev–Trinajstić information content (AvgIpc) is 3.05. The largest absolute Gasteiger partial charge is 0.368 e. The number of hydrogen-bond acceptors (Lipinski definition) is 5. The van der Waals surface area contributed by atoms with Crippen LogP contribution in [0.1, 0.15) is 47.1 Å². The highest BCUT2D eigenvalue weighted by molar-refractivity contribution is 6.90. The van der Waals surface area contributed by atoms with Crippen LogP contribution in [-0.4, -0.2) is 47.6 Å². The first-order valence-electron chi connectivity index (χ1n) is 10.6. The van der Waals surface area contributed by atoms with Crippen molar-refractivity contribution in [3.8, 4) is 0 Å². The van der Waals surface area contributed by atoms with E-state index in [1.54, 1.807) is 42.3 Å². The number of nitrogens with two attached hydrogens (primary N) is 1. The minimum atomic E-state index is -3.50. The van der Waals surface area contributed by atoms with E-state index in [2.05, 4.69) is 20.7 Å². The average molecular weight is 463 g/mol. The van der Waals surface area contributed by atoms with Crippen molar-refractivity contribution in [2.75, 3.05) is 11.9 Å². The Morgan fingerprint density at radius 2 is 1.84 bits per heavy atom. The maximum Gasteiger partial charge on any atom is 0.305 e. The van der Waals surface area contributed by atoms with E-state index in [1.807, 2.05) is 41.5 Å². The third kappa shape index (κ3) is 5.53. The third-order valence-corrected chi connectivity index (χ3v) is 10.9. The standard InChI is InChI=1S/C22H35FN6O2Si/c1-21(2,3)32(23,22(4,5)6)19-12-17(28-29(19)7)26-14-18(30)27-16(20(24)31)11-15-9-8-10-25-13-15/h8-10,12-13,16H,11,14H2,1-7H3,(H2,24,31)(H,26,28)(H,27,30). The molecule has 0 aromatic carbocycles. The molecule has 8 nitrogen and oxygen atoms in total. The van der Waals surface area contributed by atoms with Crippen LogP contribution < -0.4 is 21.7 Å². The van der Waals surface area contributed by atoms with Crippen LogP contribution in [0.3, 0.4) is 0 Å². The zero-order valence-electron chi connectivity index (χ0n) is 20.0. The summed E-state index contributed by atoms with van der Waals surface area (Å²) in [5, 5.41) is 9.41. The molecule has 4 N–H and O–H groups in total. The van der Waals surface area contributed by atoms with E-state index >= 15 is 4.11 Å². The van der Waals surface area contributed by atoms with Gasteiger partial charge in [-0.15, -0.1) is 0 Å². The normalized spacial score (nSPS) is 13.5. The number of amides is 2. The van der Waals surface area contributed by atoms with Crippen LogP contribution in [0.15, 0.2) is 30.6 Å². The molecule has 2 aromatic rings. The number of pyridine rings is 1. The summed E-state index contributed by atoms with van der Waals surface area (Å²) in [6.45, 7) is 11.4. The van der Waals surface area contributed by atoms with E-state index in [0.29, 0.717) is 11.1 Å². The van der Waals surface area contributed by atoms with E-state index < -0.39 is 36.3 Å². The van der Waals surface area contributed by atoms with Gasteiger partial charge in [-0.1, -0.05) is 47.6 Å². The molecule has 0 fully saturated rings. The smallest absolute Gasteiger partial charge is 0.305 e. The van der Waals surface area contributed by atoms with Crippen LogP contribution >= 0.6 is 0 Å². The van der Waals surface area contributed by atoms with E-state index in [1.165, 1.54) is 0 Å². The van der Waals surface area contributed by atoms with Gasteiger partial charge < -0.3 is 20.5 Å². The van der Waals surface area contributed by atoms with Crippen LogP contribution in [0.4, 0.5) is 9.93 Å². The lowest BCUT2D eigenvalue weighted by Gasteiger charge is -2.44. The number of anilines is 1. The SMILES string of the molecule is Cn1nc(NCC(=O)NC(Cc2cccnc2)C(N)=O)cc1[Si](F)(C(C)(C)C)C(C)(C)C. The molecule has 1 unspecified atom stereocenters. The fraction of sp³-hybridized carbons (Fsp3) is 0.545. The molecule has 0 saturated heterocycles. The Morgan fingerprint density at radius 3 is 2.34 bits per heavy atom. The van der Waals surface area contributed by atoms with Crippen molar-refractivity contribution in [2.24, 2.45) is 12.8 Å². The van der Waals surface area contributed by atoms with Gasteiger partial charge in [0.25, 0.3) is 0 Å². The topological polar surface area (TPSA) is 115 Å². The van der Waals surface area contributed by atoms with Crippen molar-refractivity contribution in [2.45, 2.75) is 64.1 Å². The monoisotopic (exact) mass is 462 g/mol. The van der Waals surface area contributed by atoms with E-state index in [4.69, 9.17) is 5.73 Å². The van der Waals surface area contributed by atoms with Gasteiger partial charge in [0.15, 0.2) is 0 Å². The lowest BCUT2D eigenvalue weighted by atomic mass is 10.1. The Hall–Kier alpha value is -2.75. The maximum absolute atomic E-state index is 16.6. The minimum Gasteiger partial charge on any atom is -0.368 e. The van der Waals surface area contributed by atoms with Crippen LogP contribution in [-0.2, 0) is 23.1 Å². The molecule has 2 amide bonds. The molecule has 0 aliphatic heterocycles. The first kappa shape index (κ1) is 25.5. The van der Waals surface area contributed by atoms with Crippen molar-refractivity contribution in [3.05, 3.63) is 36.2 Å². The summed E-state index contributed by atoms with van der Waals surface area (Å²) >= 11 is 0. The number of aromatic nitrogens is 3. The molecule has 2 rings (SSSR count). The highest BCUT2D eigenvalue weighted by Crippen LogP contribution is 2.51. The van der Waals surface area contributed by atoms with Crippen LogP contribution in [0.25, 0.3) is 0 Å². The van der Waals surface area contributed by atoms with Crippen LogP contribution in [0, 0.1) is 0 Å². The number of halogens is 1. The third-order valence-electron chi connectivity index (χ3n) is 5.57. The molecule has 2 aromatic heterocycles. The molecule has 32 heavy (non-hydrogen) atoms. The van der Waals surface area contributed by atoms with Crippen LogP contribution in [0.2, 0.25) is 10.1 Å². The van der Waals surface area contributed by atoms with Gasteiger partial charge in [-0.05, 0) is 21.7 Å². The second-order valence-electron chi connectivity index (χ2n) is 10.1. The number of primary amides is 1. The lowest BCUT2D eigenvalue weighted by Crippen LogP contribution is -2.60. The van der Waals surface area contributed by atoms with E-state index in [0.717, 1.165) is 5.56 Å². The number of hydrogen-bond donors (Lipinski definition) is 3. The number of carbonyl (C=O) groups excluding carboxylic acids is 2. The van der Waals surface area contributed by atoms with Crippen molar-refractivity contribution < 1.29 is 13.7 Å². The Balaban J connectivity index is 2.11. The van der Waals surface area contributed by atoms with Crippen molar-refractivity contribution in [1.29, 1.82) is 0 Å². The highest BCUT2D eigenvalue weighted by Gasteiger charge is 2.58. The molecule has 2 heterocycles. The second-order valence-corrected chi connectivity index (χ2v) is 15.0. The molecular weight excluding hydrogens is 427 g/mol. The summed E-state index contributed by atoms with van der Waals surface area (Å²) in [7, 11) is -1.78. The zero-order chi connectivity index (χ0) is 24.3. The Labute approximate surface area is 190 Å². The van der Waals surface area contributed by atoms with Gasteiger partial charge in [0.2, 0.25) is 11.8 Å². The Kier molecular flexibility index (Phi) is 7.49. The fourth-order valence-corrected chi connectivity index (χ4v) is 8.78. The zero-order valence-corrected chi connectivity index (χ0v) is 21.0. The van der Waals surface area contributed by atoms with Gasteiger partial charge in [-0.3, -0.25) is 19.3 Å². The first-order chi connectivity index (χ1) is 14.7. The molecule has 0 aliphatic rings. The van der Waals surface area contributed by atoms with Gasteiger partial charge in [0, 0.05) is 31.9 Å². The molecule has 0 aliphatic carbocycles. The number of nitrogens with zero attached hydrogens (tertiary/aromatic N) is 3. The summed E-state index contributed by atoms with van der Waals surface area (Å²) < 4.78 is 18.2. The summed E-state index contributed by atoms with van der Waals surface area (Å²) in [5.41, 5.74) is 6.23. The molecular formula is C22H35FN6O2Si. The van der Waals surface area contributed by atoms with Gasteiger partial charge in [0.1, 0.15) is 11.9 Å². The predicted octanol–water partition coefficient (Wildman–Crippen LogP) is 2.16. The van der Waals surface area contributed by atoms with Crippen molar-refractivity contribution in [3.63, 3.8) is 0 Å². The van der Waals surface area contributed by atoms with Gasteiger partial charge in [-0.2, -0.15) is 5.10 Å². The molecule has 0 saturated carbocycles. The Bertz CT molecular complexity index is 936. The molecule has 0 bridgehead atoms. The molecule has 0 radical (unpaired) electrons. The quantitative estimate of drug-likeness (QED) is 0.411. The molecule has 10 heteroatoms. The highest BCUT2D eigenvalue weighted by atomic mass is 28.4. The maximum atomic E-state index is 16.6. The number of aryl methyl sites for hydroxylation is 1. The molecule has 176 valence electrons. The predicted molar refractivity (Wildman–Crippen MR) is 127 cm³/mol. The van der Waals surface area contributed by atoms with Crippen molar-refractivity contribution in [1.82, 2.24) is 20.1 Å². The van der Waals surface area contributed by atoms with Gasteiger partial charge in [-0.25, -0.2) is 0 Å². The fourth-order valence-electron chi connectivity index (χ4n) is 4.16. The summed E-state index contributed by atoms with van der Waals surface area (Å²) in [6.07, 6.45) is 3.49. The van der Waals surface area contributed by atoms with Crippen molar-refractivity contribution >= 4 is 31.4 Å². The van der Waals surface area contributed by atoms with E-state index in [-0.39, 0.29) is 13.0 Å². The molecule has 0 spiro atoms. The number of carbonyl (C=O) groups is 2. The number of rotatable bonds is 8.